The molecule has 128 valence electrons. The van der Waals surface area contributed by atoms with E-state index in [1.807, 2.05) is 13.0 Å². The quantitative estimate of drug-likeness (QED) is 0.876. The molecule has 24 heavy (non-hydrogen) atoms. The fourth-order valence-electron chi connectivity index (χ4n) is 3.53. The minimum atomic E-state index is -0.169. The number of carbonyl (C=O) groups is 2. The lowest BCUT2D eigenvalue weighted by Gasteiger charge is -2.34. The summed E-state index contributed by atoms with van der Waals surface area (Å²) in [6.45, 7) is 7.80. The van der Waals surface area contributed by atoms with Crippen LogP contribution in [0.4, 0.5) is 0 Å². The van der Waals surface area contributed by atoms with Crippen LogP contribution < -0.4 is 5.32 Å². The number of hydrogen-bond donors (Lipinski definition) is 1. The van der Waals surface area contributed by atoms with Gasteiger partial charge in [0, 0.05) is 30.8 Å². The molecule has 1 atom stereocenters. The van der Waals surface area contributed by atoms with Crippen LogP contribution in [-0.2, 0) is 13.5 Å². The number of ketones is 1. The lowest BCUT2D eigenvalue weighted by atomic mass is 9.74. The number of Topliss-reactive ketones (excluding diaryl/α,β-unsaturated/α-hetero) is 1. The average molecular weight is 328 g/mol. The predicted octanol–water partition coefficient (Wildman–Crippen LogP) is 3.57. The average Bonchev–Trinajstić information content (AvgIpc) is 3.00. The highest BCUT2D eigenvalue weighted by Crippen LogP contribution is 2.42. The first-order chi connectivity index (χ1) is 11.2. The van der Waals surface area contributed by atoms with Crippen molar-refractivity contribution in [3.63, 3.8) is 0 Å². The zero-order valence-electron chi connectivity index (χ0n) is 14.9. The summed E-state index contributed by atoms with van der Waals surface area (Å²) < 4.78 is 7.51. The molecule has 0 aliphatic heterocycles. The summed E-state index contributed by atoms with van der Waals surface area (Å²) >= 11 is 0. The maximum Gasteiger partial charge on any atom is 0.268 e. The highest BCUT2D eigenvalue weighted by molar-refractivity contribution is 5.99. The third kappa shape index (κ3) is 3.03. The number of fused-ring (bicyclic) bond motifs is 1. The van der Waals surface area contributed by atoms with Gasteiger partial charge in [0.05, 0.1) is 6.04 Å². The number of carbonyl (C=O) groups excluding carboxylic acids is 2. The van der Waals surface area contributed by atoms with Gasteiger partial charge in [-0.25, -0.2) is 0 Å². The molecule has 0 fully saturated rings. The largest absolute Gasteiger partial charge is 0.466 e. The first-order valence-electron chi connectivity index (χ1n) is 8.24. The van der Waals surface area contributed by atoms with Crippen molar-refractivity contribution in [3.05, 3.63) is 46.7 Å². The van der Waals surface area contributed by atoms with Crippen LogP contribution in [0.15, 0.2) is 22.7 Å². The van der Waals surface area contributed by atoms with Crippen LogP contribution in [0, 0.1) is 12.3 Å². The normalized spacial score (nSPS) is 19.0. The molecule has 0 radical (unpaired) electrons. The van der Waals surface area contributed by atoms with E-state index in [1.165, 1.54) is 6.92 Å². The lowest BCUT2D eigenvalue weighted by molar-refractivity contribution is 0.0909. The Bertz CT molecular complexity index is 811. The van der Waals surface area contributed by atoms with Crippen LogP contribution >= 0.6 is 0 Å². The number of hydrogen-bond acceptors (Lipinski definition) is 3. The van der Waals surface area contributed by atoms with E-state index in [0.29, 0.717) is 11.3 Å². The highest BCUT2D eigenvalue weighted by Gasteiger charge is 2.36. The molecular formula is C19H24N2O3. The first kappa shape index (κ1) is 16.6. The summed E-state index contributed by atoms with van der Waals surface area (Å²) in [4.78, 5) is 24.2. The van der Waals surface area contributed by atoms with Crippen molar-refractivity contribution in [1.29, 1.82) is 0 Å². The summed E-state index contributed by atoms with van der Waals surface area (Å²) in [5.41, 5.74) is 2.17. The second-order valence-corrected chi connectivity index (χ2v) is 7.59. The van der Waals surface area contributed by atoms with E-state index in [4.69, 9.17) is 4.42 Å². The molecule has 5 nitrogen and oxygen atoms in total. The maximum atomic E-state index is 12.7. The Morgan fingerprint density at radius 1 is 1.33 bits per heavy atom. The van der Waals surface area contributed by atoms with Gasteiger partial charge in [0.25, 0.3) is 5.91 Å². The highest BCUT2D eigenvalue weighted by atomic mass is 16.3. The van der Waals surface area contributed by atoms with E-state index < -0.39 is 0 Å². The summed E-state index contributed by atoms with van der Waals surface area (Å²) in [6, 6.07) is 3.58. The lowest BCUT2D eigenvalue weighted by Crippen LogP contribution is -2.36. The third-order valence-electron chi connectivity index (χ3n) is 4.69. The van der Waals surface area contributed by atoms with Gasteiger partial charge in [0.1, 0.15) is 17.2 Å². The van der Waals surface area contributed by atoms with Crippen LogP contribution in [0.2, 0.25) is 0 Å². The molecule has 5 heteroatoms. The summed E-state index contributed by atoms with van der Waals surface area (Å²) in [7, 11) is 1.78. The van der Waals surface area contributed by atoms with Gasteiger partial charge < -0.3 is 14.3 Å². The summed E-state index contributed by atoms with van der Waals surface area (Å²) in [5, 5.41) is 3.12. The van der Waals surface area contributed by atoms with Crippen molar-refractivity contribution in [3.8, 4) is 0 Å². The van der Waals surface area contributed by atoms with Crippen molar-refractivity contribution in [2.75, 3.05) is 0 Å². The van der Waals surface area contributed by atoms with E-state index in [-0.39, 0.29) is 23.1 Å². The smallest absolute Gasteiger partial charge is 0.268 e. The first-order valence-corrected chi connectivity index (χ1v) is 8.24. The molecular weight excluding hydrogens is 304 g/mol. The molecule has 1 N–H and O–H groups in total. The Hall–Kier alpha value is -2.30. The fraction of sp³-hybridized carbons (Fsp3) is 0.474. The molecule has 3 rings (SSSR count). The van der Waals surface area contributed by atoms with Crippen LogP contribution in [0.1, 0.15) is 71.2 Å². The van der Waals surface area contributed by atoms with Gasteiger partial charge in [-0.2, -0.15) is 0 Å². The molecule has 0 saturated carbocycles. The van der Waals surface area contributed by atoms with E-state index in [9.17, 15) is 9.59 Å². The molecule has 2 aromatic heterocycles. The number of amides is 1. The number of nitrogens with one attached hydrogen (secondary N) is 1. The zero-order valence-corrected chi connectivity index (χ0v) is 14.9. The van der Waals surface area contributed by atoms with Gasteiger partial charge in [-0.3, -0.25) is 9.59 Å². The van der Waals surface area contributed by atoms with Gasteiger partial charge in [-0.15, -0.1) is 0 Å². The predicted molar refractivity (Wildman–Crippen MR) is 91.2 cm³/mol. The molecule has 0 aromatic carbocycles. The van der Waals surface area contributed by atoms with Crippen molar-refractivity contribution < 1.29 is 14.0 Å². The Morgan fingerprint density at radius 2 is 2.04 bits per heavy atom. The van der Waals surface area contributed by atoms with Crippen LogP contribution in [0.25, 0.3) is 0 Å². The molecule has 0 unspecified atom stereocenters. The molecule has 2 heterocycles. The molecule has 1 amide bonds. The number of furan rings is 1. The Balaban J connectivity index is 1.87. The SMILES string of the molecule is CC(=O)c1cc(C(=O)N[C@H]2CC(C)(C)Cc3oc(C)cc32)n(C)c1. The molecule has 0 spiro atoms. The number of rotatable bonds is 3. The van der Waals surface area contributed by atoms with Crippen LogP contribution in [0.3, 0.4) is 0 Å². The van der Waals surface area contributed by atoms with E-state index in [2.05, 4.69) is 19.2 Å². The number of nitrogens with zero attached hydrogens (tertiary/aromatic N) is 1. The van der Waals surface area contributed by atoms with Gasteiger partial charge in [0.15, 0.2) is 5.78 Å². The molecule has 2 aromatic rings. The van der Waals surface area contributed by atoms with E-state index in [1.54, 1.807) is 23.9 Å². The van der Waals surface area contributed by atoms with Crippen molar-refractivity contribution >= 4 is 11.7 Å². The fourth-order valence-corrected chi connectivity index (χ4v) is 3.53. The Labute approximate surface area is 142 Å². The van der Waals surface area contributed by atoms with Gasteiger partial charge in [0.2, 0.25) is 0 Å². The minimum Gasteiger partial charge on any atom is -0.466 e. The van der Waals surface area contributed by atoms with E-state index in [0.717, 1.165) is 29.9 Å². The van der Waals surface area contributed by atoms with Gasteiger partial charge in [-0.1, -0.05) is 13.8 Å². The molecule has 1 aliphatic carbocycles. The third-order valence-corrected chi connectivity index (χ3v) is 4.69. The summed E-state index contributed by atoms with van der Waals surface area (Å²) in [6.07, 6.45) is 3.42. The van der Waals surface area contributed by atoms with E-state index >= 15 is 0 Å². The van der Waals surface area contributed by atoms with Crippen molar-refractivity contribution in [1.82, 2.24) is 9.88 Å². The Morgan fingerprint density at radius 3 is 2.67 bits per heavy atom. The van der Waals surface area contributed by atoms with Gasteiger partial charge in [-0.05, 0) is 37.8 Å². The molecule has 0 saturated heterocycles. The second kappa shape index (κ2) is 5.65. The maximum absolute atomic E-state index is 12.7. The van der Waals surface area contributed by atoms with Crippen LogP contribution in [-0.4, -0.2) is 16.3 Å². The molecule has 1 aliphatic rings. The van der Waals surface area contributed by atoms with Crippen LogP contribution in [0.5, 0.6) is 0 Å². The van der Waals surface area contributed by atoms with Crippen molar-refractivity contribution in [2.45, 2.75) is 46.6 Å². The molecule has 0 bridgehead atoms. The van der Waals surface area contributed by atoms with Gasteiger partial charge >= 0.3 is 0 Å². The number of aromatic nitrogens is 1. The summed E-state index contributed by atoms with van der Waals surface area (Å²) in [5.74, 6) is 1.62. The topological polar surface area (TPSA) is 64.2 Å². The second-order valence-electron chi connectivity index (χ2n) is 7.59. The van der Waals surface area contributed by atoms with Crippen molar-refractivity contribution in [2.24, 2.45) is 12.5 Å². The standard InChI is InChI=1S/C19H24N2O3/c1-11-6-14-15(8-19(3,4)9-17(14)24-11)20-18(23)16-7-13(12(2)22)10-21(16)5/h6-7,10,15H,8-9H2,1-5H3,(H,20,23)/t15-/m0/s1. The Kier molecular flexibility index (Phi) is 3.90. The zero-order chi connectivity index (χ0) is 17.6. The minimum absolute atomic E-state index is 0.0452. The number of aryl methyl sites for hydroxylation is 2. The monoisotopic (exact) mass is 328 g/mol.